The molecule has 0 unspecified atom stereocenters. The van der Waals surface area contributed by atoms with E-state index >= 15 is 0 Å². The van der Waals surface area contributed by atoms with Crippen LogP contribution in [0.4, 0.5) is 0 Å². The SMILES string of the molecule is COc1cccc(C2=CCCC2)c1. The van der Waals surface area contributed by atoms with Gasteiger partial charge in [-0.1, -0.05) is 18.2 Å². The Morgan fingerprint density at radius 1 is 1.31 bits per heavy atom. The van der Waals surface area contributed by atoms with Crippen molar-refractivity contribution in [1.29, 1.82) is 0 Å². The zero-order valence-electron chi connectivity index (χ0n) is 7.92. The third-order valence-corrected chi connectivity index (χ3v) is 2.48. The minimum atomic E-state index is 0.949. The molecule has 13 heavy (non-hydrogen) atoms. The van der Waals surface area contributed by atoms with Crippen LogP contribution in [0.3, 0.4) is 0 Å². The van der Waals surface area contributed by atoms with Gasteiger partial charge in [0.1, 0.15) is 5.75 Å². The second kappa shape index (κ2) is 3.65. The quantitative estimate of drug-likeness (QED) is 0.668. The van der Waals surface area contributed by atoms with E-state index in [1.54, 1.807) is 7.11 Å². The number of benzene rings is 1. The molecule has 0 radical (unpaired) electrons. The number of hydrogen-bond donors (Lipinski definition) is 0. The van der Waals surface area contributed by atoms with Crippen LogP contribution in [0.1, 0.15) is 24.8 Å². The lowest BCUT2D eigenvalue weighted by molar-refractivity contribution is 0.414. The van der Waals surface area contributed by atoms with E-state index in [-0.39, 0.29) is 0 Å². The van der Waals surface area contributed by atoms with Gasteiger partial charge in [0, 0.05) is 0 Å². The van der Waals surface area contributed by atoms with E-state index in [1.807, 2.05) is 12.1 Å². The molecule has 0 atom stereocenters. The standard InChI is InChI=1S/C12H14O/c1-13-12-8-4-7-11(9-12)10-5-2-3-6-10/h4-5,7-9H,2-3,6H2,1H3. The molecule has 0 spiro atoms. The van der Waals surface area contributed by atoms with E-state index in [9.17, 15) is 0 Å². The van der Waals surface area contributed by atoms with Crippen molar-refractivity contribution in [3.63, 3.8) is 0 Å². The van der Waals surface area contributed by atoms with Gasteiger partial charge in [0.15, 0.2) is 0 Å². The van der Waals surface area contributed by atoms with Gasteiger partial charge in [-0.2, -0.15) is 0 Å². The summed E-state index contributed by atoms with van der Waals surface area (Å²) in [6.45, 7) is 0. The summed E-state index contributed by atoms with van der Waals surface area (Å²) in [5, 5.41) is 0. The Morgan fingerprint density at radius 3 is 2.92 bits per heavy atom. The molecule has 68 valence electrons. The molecule has 1 aromatic rings. The van der Waals surface area contributed by atoms with Crippen LogP contribution in [0.5, 0.6) is 5.75 Å². The predicted molar refractivity (Wildman–Crippen MR) is 54.8 cm³/mol. The second-order valence-electron chi connectivity index (χ2n) is 3.35. The van der Waals surface area contributed by atoms with Crippen LogP contribution >= 0.6 is 0 Å². The Labute approximate surface area is 79.0 Å². The van der Waals surface area contributed by atoms with E-state index in [0.717, 1.165) is 5.75 Å². The van der Waals surface area contributed by atoms with Crippen LogP contribution < -0.4 is 4.74 Å². The maximum absolute atomic E-state index is 5.19. The topological polar surface area (TPSA) is 9.23 Å². The normalized spacial score (nSPS) is 15.6. The maximum Gasteiger partial charge on any atom is 0.119 e. The minimum absolute atomic E-state index is 0.949. The number of methoxy groups -OCH3 is 1. The van der Waals surface area contributed by atoms with Crippen LogP contribution in [0.15, 0.2) is 30.3 Å². The molecule has 0 fully saturated rings. The molecule has 1 heteroatoms. The Hall–Kier alpha value is -1.24. The van der Waals surface area contributed by atoms with Crippen molar-refractivity contribution in [1.82, 2.24) is 0 Å². The molecule has 1 aliphatic rings. The lowest BCUT2D eigenvalue weighted by Gasteiger charge is -2.04. The summed E-state index contributed by atoms with van der Waals surface area (Å²) < 4.78 is 5.19. The first-order valence-corrected chi connectivity index (χ1v) is 4.73. The Balaban J connectivity index is 2.29. The van der Waals surface area contributed by atoms with Crippen molar-refractivity contribution in [3.8, 4) is 5.75 Å². The van der Waals surface area contributed by atoms with Gasteiger partial charge in [-0.15, -0.1) is 0 Å². The van der Waals surface area contributed by atoms with Gasteiger partial charge < -0.3 is 4.74 Å². The number of ether oxygens (including phenoxy) is 1. The molecule has 2 rings (SSSR count). The Morgan fingerprint density at radius 2 is 2.23 bits per heavy atom. The third-order valence-electron chi connectivity index (χ3n) is 2.48. The van der Waals surface area contributed by atoms with Crippen molar-refractivity contribution < 1.29 is 4.74 Å². The average Bonchev–Trinajstić information content (AvgIpc) is 2.71. The van der Waals surface area contributed by atoms with Gasteiger partial charge in [0.05, 0.1) is 7.11 Å². The molecule has 0 saturated heterocycles. The molecular weight excluding hydrogens is 160 g/mol. The fourth-order valence-electron chi connectivity index (χ4n) is 1.76. The highest BCUT2D eigenvalue weighted by Crippen LogP contribution is 2.29. The van der Waals surface area contributed by atoms with Crippen LogP contribution in [0.25, 0.3) is 5.57 Å². The summed E-state index contributed by atoms with van der Waals surface area (Å²) in [4.78, 5) is 0. The first-order chi connectivity index (χ1) is 6.40. The number of allylic oxidation sites excluding steroid dienone is 2. The minimum Gasteiger partial charge on any atom is -0.497 e. The predicted octanol–water partition coefficient (Wildman–Crippen LogP) is 3.26. The van der Waals surface area contributed by atoms with Crippen LogP contribution in [-0.4, -0.2) is 7.11 Å². The van der Waals surface area contributed by atoms with Crippen LogP contribution in [0, 0.1) is 0 Å². The highest BCUT2D eigenvalue weighted by Gasteiger charge is 2.06. The third kappa shape index (κ3) is 1.74. The first kappa shape index (κ1) is 8.36. The van der Waals surface area contributed by atoms with Gasteiger partial charge in [0.25, 0.3) is 0 Å². The van der Waals surface area contributed by atoms with E-state index in [1.165, 1.54) is 30.4 Å². The van der Waals surface area contributed by atoms with Gasteiger partial charge in [0.2, 0.25) is 0 Å². The van der Waals surface area contributed by atoms with Gasteiger partial charge in [-0.25, -0.2) is 0 Å². The molecule has 0 N–H and O–H groups in total. The van der Waals surface area contributed by atoms with E-state index < -0.39 is 0 Å². The second-order valence-corrected chi connectivity index (χ2v) is 3.35. The molecule has 1 nitrogen and oxygen atoms in total. The van der Waals surface area contributed by atoms with Crippen LogP contribution in [0.2, 0.25) is 0 Å². The highest BCUT2D eigenvalue weighted by molar-refractivity contribution is 5.68. The average molecular weight is 174 g/mol. The van der Waals surface area contributed by atoms with Gasteiger partial charge in [-0.05, 0) is 42.5 Å². The summed E-state index contributed by atoms with van der Waals surface area (Å²) in [6.07, 6.45) is 6.07. The summed E-state index contributed by atoms with van der Waals surface area (Å²) in [7, 11) is 1.71. The number of hydrogen-bond acceptors (Lipinski definition) is 1. The molecule has 0 aliphatic heterocycles. The first-order valence-electron chi connectivity index (χ1n) is 4.73. The van der Waals surface area contributed by atoms with E-state index in [2.05, 4.69) is 18.2 Å². The van der Waals surface area contributed by atoms with Crippen molar-refractivity contribution in [3.05, 3.63) is 35.9 Å². The Bertz CT molecular complexity index is 326. The molecule has 1 aliphatic carbocycles. The number of rotatable bonds is 2. The molecule has 0 heterocycles. The monoisotopic (exact) mass is 174 g/mol. The van der Waals surface area contributed by atoms with Crippen LogP contribution in [-0.2, 0) is 0 Å². The summed E-state index contributed by atoms with van der Waals surface area (Å²) in [5.74, 6) is 0.949. The molecule has 0 aromatic heterocycles. The zero-order chi connectivity index (χ0) is 9.10. The zero-order valence-corrected chi connectivity index (χ0v) is 7.92. The Kier molecular flexibility index (Phi) is 2.35. The molecular formula is C12H14O. The van der Waals surface area contributed by atoms with Gasteiger partial charge in [-0.3, -0.25) is 0 Å². The smallest absolute Gasteiger partial charge is 0.119 e. The summed E-state index contributed by atoms with van der Waals surface area (Å²) >= 11 is 0. The van der Waals surface area contributed by atoms with Gasteiger partial charge >= 0.3 is 0 Å². The van der Waals surface area contributed by atoms with Crippen molar-refractivity contribution >= 4 is 5.57 Å². The lowest BCUT2D eigenvalue weighted by Crippen LogP contribution is -1.85. The lowest BCUT2D eigenvalue weighted by atomic mass is 10.1. The molecule has 0 bridgehead atoms. The van der Waals surface area contributed by atoms with Crippen molar-refractivity contribution in [2.24, 2.45) is 0 Å². The fourth-order valence-corrected chi connectivity index (χ4v) is 1.76. The fraction of sp³-hybridized carbons (Fsp3) is 0.333. The van der Waals surface area contributed by atoms with Crippen molar-refractivity contribution in [2.45, 2.75) is 19.3 Å². The van der Waals surface area contributed by atoms with E-state index in [4.69, 9.17) is 4.74 Å². The van der Waals surface area contributed by atoms with E-state index in [0.29, 0.717) is 0 Å². The largest absolute Gasteiger partial charge is 0.497 e. The molecule has 0 saturated carbocycles. The summed E-state index contributed by atoms with van der Waals surface area (Å²) in [6, 6.07) is 8.29. The molecule has 0 amide bonds. The molecule has 1 aromatic carbocycles. The van der Waals surface area contributed by atoms with Crippen molar-refractivity contribution in [2.75, 3.05) is 7.11 Å². The highest BCUT2D eigenvalue weighted by atomic mass is 16.5. The summed E-state index contributed by atoms with van der Waals surface area (Å²) in [5.41, 5.74) is 2.79. The maximum atomic E-state index is 5.19.